The summed E-state index contributed by atoms with van der Waals surface area (Å²) >= 11 is 0. The van der Waals surface area contributed by atoms with Crippen LogP contribution in [-0.2, 0) is 11.2 Å². The molecule has 1 amide bonds. The van der Waals surface area contributed by atoms with Crippen molar-refractivity contribution in [3.8, 4) is 17.1 Å². The first-order valence-electron chi connectivity index (χ1n) is 8.51. The number of methoxy groups -OCH3 is 1. The van der Waals surface area contributed by atoms with Crippen molar-refractivity contribution in [2.24, 2.45) is 0 Å². The highest BCUT2D eigenvalue weighted by Gasteiger charge is 2.17. The van der Waals surface area contributed by atoms with Crippen LogP contribution in [0.1, 0.15) is 38.0 Å². The molecule has 1 aromatic carbocycles. The summed E-state index contributed by atoms with van der Waals surface area (Å²) in [6.45, 7) is 1.75. The largest absolute Gasteiger partial charge is 0.497 e. The number of carbonyl (C=O) groups is 1. The number of hydrogen-bond acceptors (Lipinski definition) is 5. The van der Waals surface area contributed by atoms with Crippen LogP contribution in [-0.4, -0.2) is 41.1 Å². The molecule has 0 unspecified atom stereocenters. The second-order valence-corrected chi connectivity index (χ2v) is 6.04. The third-order valence-electron chi connectivity index (χ3n) is 4.31. The van der Waals surface area contributed by atoms with E-state index in [-0.39, 0.29) is 5.91 Å². The van der Waals surface area contributed by atoms with Crippen LogP contribution in [0, 0.1) is 0 Å². The number of rotatable bonds is 5. The highest BCUT2D eigenvalue weighted by Crippen LogP contribution is 2.21. The molecule has 6 nitrogen and oxygen atoms in total. The molecule has 0 atom stereocenters. The van der Waals surface area contributed by atoms with Crippen LogP contribution in [0.25, 0.3) is 11.4 Å². The van der Waals surface area contributed by atoms with Crippen LogP contribution in [0.2, 0.25) is 0 Å². The molecule has 1 saturated heterocycles. The van der Waals surface area contributed by atoms with E-state index in [1.165, 1.54) is 12.8 Å². The summed E-state index contributed by atoms with van der Waals surface area (Å²) < 4.78 is 10.5. The van der Waals surface area contributed by atoms with E-state index in [9.17, 15) is 4.79 Å². The number of hydrogen-bond donors (Lipinski definition) is 0. The number of likely N-dealkylation sites (tertiary alicyclic amines) is 1. The van der Waals surface area contributed by atoms with Crippen molar-refractivity contribution in [3.05, 3.63) is 30.2 Å². The summed E-state index contributed by atoms with van der Waals surface area (Å²) in [7, 11) is 1.62. The second kappa shape index (κ2) is 7.95. The van der Waals surface area contributed by atoms with Gasteiger partial charge in [-0.1, -0.05) is 30.1 Å². The van der Waals surface area contributed by atoms with Crippen LogP contribution in [0.4, 0.5) is 0 Å². The Labute approximate surface area is 141 Å². The molecule has 0 spiro atoms. The van der Waals surface area contributed by atoms with Crippen molar-refractivity contribution in [2.75, 3.05) is 20.2 Å². The van der Waals surface area contributed by atoms with Gasteiger partial charge in [-0.3, -0.25) is 4.79 Å². The third-order valence-corrected chi connectivity index (χ3v) is 4.31. The van der Waals surface area contributed by atoms with Gasteiger partial charge in [0.1, 0.15) is 5.75 Å². The molecule has 0 N–H and O–H groups in total. The lowest BCUT2D eigenvalue weighted by atomic mass is 10.2. The monoisotopic (exact) mass is 329 g/mol. The maximum absolute atomic E-state index is 12.3. The molecular weight excluding hydrogens is 306 g/mol. The topological polar surface area (TPSA) is 68.5 Å². The summed E-state index contributed by atoms with van der Waals surface area (Å²) in [5, 5.41) is 4.00. The molecular formula is C18H23N3O3. The lowest BCUT2D eigenvalue weighted by Gasteiger charge is -2.19. The Bertz CT molecular complexity index is 676. The van der Waals surface area contributed by atoms with Crippen LogP contribution in [0.15, 0.2) is 28.8 Å². The molecule has 1 aliphatic rings. The zero-order chi connectivity index (χ0) is 16.8. The average Bonchev–Trinajstić information content (AvgIpc) is 2.93. The van der Waals surface area contributed by atoms with Crippen molar-refractivity contribution < 1.29 is 14.1 Å². The molecule has 1 aromatic heterocycles. The Morgan fingerprint density at radius 2 is 2.04 bits per heavy atom. The van der Waals surface area contributed by atoms with E-state index in [1.54, 1.807) is 7.11 Å². The van der Waals surface area contributed by atoms with Gasteiger partial charge in [0.05, 0.1) is 7.11 Å². The maximum atomic E-state index is 12.3. The molecule has 0 saturated carbocycles. The Morgan fingerprint density at radius 1 is 1.25 bits per heavy atom. The molecule has 2 heterocycles. The van der Waals surface area contributed by atoms with Crippen LogP contribution < -0.4 is 4.74 Å². The second-order valence-electron chi connectivity index (χ2n) is 6.04. The smallest absolute Gasteiger partial charge is 0.227 e. The molecule has 0 aliphatic carbocycles. The van der Waals surface area contributed by atoms with Gasteiger partial charge in [-0.2, -0.15) is 4.98 Å². The summed E-state index contributed by atoms with van der Waals surface area (Å²) in [6.07, 6.45) is 5.54. The highest BCUT2D eigenvalue weighted by atomic mass is 16.5. The Kier molecular flexibility index (Phi) is 5.46. The minimum atomic E-state index is 0.179. The molecule has 24 heavy (non-hydrogen) atoms. The molecule has 3 rings (SSSR count). The van der Waals surface area contributed by atoms with E-state index >= 15 is 0 Å². The predicted octanol–water partition coefficient (Wildman–Crippen LogP) is 3.08. The van der Waals surface area contributed by atoms with E-state index in [0.29, 0.717) is 24.6 Å². The van der Waals surface area contributed by atoms with E-state index in [4.69, 9.17) is 9.26 Å². The van der Waals surface area contributed by atoms with E-state index in [1.807, 2.05) is 29.2 Å². The van der Waals surface area contributed by atoms with Crippen LogP contribution >= 0.6 is 0 Å². The molecule has 2 aromatic rings. The maximum Gasteiger partial charge on any atom is 0.227 e. The first kappa shape index (κ1) is 16.5. The highest BCUT2D eigenvalue weighted by molar-refractivity contribution is 5.76. The molecule has 128 valence electrons. The van der Waals surface area contributed by atoms with Gasteiger partial charge in [-0.25, -0.2) is 0 Å². The number of aryl methyl sites for hydroxylation is 1. The number of ether oxygens (including phenoxy) is 1. The van der Waals surface area contributed by atoms with E-state index in [2.05, 4.69) is 10.1 Å². The zero-order valence-electron chi connectivity index (χ0n) is 14.0. The fourth-order valence-corrected chi connectivity index (χ4v) is 2.93. The normalized spacial score (nSPS) is 15.1. The van der Waals surface area contributed by atoms with Crippen molar-refractivity contribution >= 4 is 5.91 Å². The van der Waals surface area contributed by atoms with Gasteiger partial charge >= 0.3 is 0 Å². The van der Waals surface area contributed by atoms with Crippen molar-refractivity contribution in [1.29, 1.82) is 0 Å². The van der Waals surface area contributed by atoms with E-state index < -0.39 is 0 Å². The quantitative estimate of drug-likeness (QED) is 0.843. The van der Waals surface area contributed by atoms with Gasteiger partial charge in [0.15, 0.2) is 0 Å². The number of carbonyl (C=O) groups excluding carboxylic acids is 1. The van der Waals surface area contributed by atoms with Gasteiger partial charge < -0.3 is 14.2 Å². The van der Waals surface area contributed by atoms with E-state index in [0.717, 1.165) is 37.2 Å². The van der Waals surface area contributed by atoms with Crippen molar-refractivity contribution in [3.63, 3.8) is 0 Å². The fraction of sp³-hybridized carbons (Fsp3) is 0.500. The van der Waals surface area contributed by atoms with Gasteiger partial charge in [0.2, 0.25) is 17.6 Å². The first-order chi connectivity index (χ1) is 11.8. The standard InChI is InChI=1S/C18H23N3O3/c1-23-15-8-6-7-14(13-15)18-19-16(24-20-18)9-10-17(22)21-11-4-2-3-5-12-21/h6-8,13H,2-5,9-12H2,1H3. The summed E-state index contributed by atoms with van der Waals surface area (Å²) in [5.41, 5.74) is 0.836. The summed E-state index contributed by atoms with van der Waals surface area (Å²) in [6, 6.07) is 7.51. The predicted molar refractivity (Wildman–Crippen MR) is 89.7 cm³/mol. The Morgan fingerprint density at radius 3 is 2.79 bits per heavy atom. The summed E-state index contributed by atoms with van der Waals surface area (Å²) in [4.78, 5) is 18.7. The van der Waals surface area contributed by atoms with Crippen molar-refractivity contribution in [2.45, 2.75) is 38.5 Å². The SMILES string of the molecule is COc1cccc(-c2noc(CCC(=O)N3CCCCCC3)n2)c1. The minimum absolute atomic E-state index is 0.179. The first-order valence-corrected chi connectivity index (χ1v) is 8.51. The Balaban J connectivity index is 1.58. The number of nitrogens with zero attached hydrogens (tertiary/aromatic N) is 3. The minimum Gasteiger partial charge on any atom is -0.497 e. The fourth-order valence-electron chi connectivity index (χ4n) is 2.93. The summed E-state index contributed by atoms with van der Waals surface area (Å²) in [5.74, 6) is 1.94. The van der Waals surface area contributed by atoms with Gasteiger partial charge in [0, 0.05) is 31.5 Å². The lowest BCUT2D eigenvalue weighted by Crippen LogP contribution is -2.31. The molecule has 1 aliphatic heterocycles. The number of aromatic nitrogens is 2. The number of amides is 1. The van der Waals surface area contributed by atoms with Gasteiger partial charge in [-0.15, -0.1) is 0 Å². The van der Waals surface area contributed by atoms with Crippen molar-refractivity contribution in [1.82, 2.24) is 15.0 Å². The Hall–Kier alpha value is -2.37. The molecule has 1 fully saturated rings. The van der Waals surface area contributed by atoms with Crippen LogP contribution in [0.5, 0.6) is 5.75 Å². The third kappa shape index (κ3) is 4.13. The van der Waals surface area contributed by atoms with Gasteiger partial charge in [-0.05, 0) is 25.0 Å². The zero-order valence-corrected chi connectivity index (χ0v) is 14.0. The van der Waals surface area contributed by atoms with Gasteiger partial charge in [0.25, 0.3) is 0 Å². The molecule has 6 heteroatoms. The average molecular weight is 329 g/mol. The molecule has 0 bridgehead atoms. The van der Waals surface area contributed by atoms with Crippen LogP contribution in [0.3, 0.4) is 0 Å². The number of benzene rings is 1. The molecule has 0 radical (unpaired) electrons. The lowest BCUT2D eigenvalue weighted by molar-refractivity contribution is -0.131.